The maximum Gasteiger partial charge on any atom is 0.416 e. The van der Waals surface area contributed by atoms with Gasteiger partial charge in [-0.3, -0.25) is 4.79 Å². The number of tetrazole rings is 1. The number of halogens is 3. The Labute approximate surface area is 156 Å². The SMILES string of the molecule is CC(=O)Nc1cccc(-n2nnnc2SCc2cccc(C(F)(F)F)c2)c1. The lowest BCUT2D eigenvalue weighted by Gasteiger charge is -2.09. The zero-order valence-electron chi connectivity index (χ0n) is 14.1. The lowest BCUT2D eigenvalue weighted by Crippen LogP contribution is -2.07. The molecule has 0 aliphatic rings. The molecule has 3 aromatic rings. The third-order valence-electron chi connectivity index (χ3n) is 3.47. The number of anilines is 1. The molecule has 0 atom stereocenters. The molecule has 6 nitrogen and oxygen atoms in total. The van der Waals surface area contributed by atoms with Crippen LogP contribution in [0.25, 0.3) is 5.69 Å². The molecular weight excluding hydrogens is 379 g/mol. The maximum atomic E-state index is 12.8. The molecule has 0 fully saturated rings. The Kier molecular flexibility index (Phi) is 5.45. The molecule has 3 rings (SSSR count). The van der Waals surface area contributed by atoms with Gasteiger partial charge < -0.3 is 5.32 Å². The van der Waals surface area contributed by atoms with Crippen LogP contribution in [0.4, 0.5) is 18.9 Å². The molecule has 0 saturated carbocycles. The average Bonchev–Trinajstić information content (AvgIpc) is 3.08. The van der Waals surface area contributed by atoms with E-state index in [1.54, 1.807) is 30.3 Å². The van der Waals surface area contributed by atoms with E-state index in [1.807, 2.05) is 0 Å². The Morgan fingerprint density at radius 3 is 2.70 bits per heavy atom. The number of hydrogen-bond donors (Lipinski definition) is 1. The molecule has 0 radical (unpaired) electrons. The monoisotopic (exact) mass is 393 g/mol. The summed E-state index contributed by atoms with van der Waals surface area (Å²) in [5, 5.41) is 14.6. The summed E-state index contributed by atoms with van der Waals surface area (Å²) < 4.78 is 39.9. The van der Waals surface area contributed by atoms with E-state index in [0.29, 0.717) is 22.1 Å². The van der Waals surface area contributed by atoms with Crippen LogP contribution in [0.15, 0.2) is 53.7 Å². The van der Waals surface area contributed by atoms with Crippen molar-refractivity contribution >= 4 is 23.4 Å². The topological polar surface area (TPSA) is 72.7 Å². The molecule has 0 saturated heterocycles. The second-order valence-corrected chi connectivity index (χ2v) is 6.53. The van der Waals surface area contributed by atoms with Gasteiger partial charge in [-0.15, -0.1) is 5.10 Å². The van der Waals surface area contributed by atoms with E-state index >= 15 is 0 Å². The van der Waals surface area contributed by atoms with Gasteiger partial charge in [-0.2, -0.15) is 17.9 Å². The smallest absolute Gasteiger partial charge is 0.326 e. The van der Waals surface area contributed by atoms with Gasteiger partial charge in [0, 0.05) is 18.4 Å². The Morgan fingerprint density at radius 2 is 1.96 bits per heavy atom. The van der Waals surface area contributed by atoms with E-state index in [0.717, 1.165) is 12.1 Å². The van der Waals surface area contributed by atoms with Gasteiger partial charge in [0.15, 0.2) is 0 Å². The zero-order valence-corrected chi connectivity index (χ0v) is 14.9. The maximum absolute atomic E-state index is 12.8. The normalized spacial score (nSPS) is 11.4. The number of aromatic nitrogens is 4. The highest BCUT2D eigenvalue weighted by molar-refractivity contribution is 7.98. The summed E-state index contributed by atoms with van der Waals surface area (Å²) in [6, 6.07) is 12.1. The fourth-order valence-corrected chi connectivity index (χ4v) is 3.17. The molecule has 27 heavy (non-hydrogen) atoms. The predicted molar refractivity (Wildman–Crippen MR) is 94.5 cm³/mol. The first kappa shape index (κ1) is 18.9. The van der Waals surface area contributed by atoms with Gasteiger partial charge in [0.1, 0.15) is 0 Å². The lowest BCUT2D eigenvalue weighted by atomic mass is 10.1. The van der Waals surface area contributed by atoms with Crippen molar-refractivity contribution in [1.82, 2.24) is 20.2 Å². The molecule has 1 heterocycles. The average molecular weight is 393 g/mol. The number of benzene rings is 2. The van der Waals surface area contributed by atoms with Gasteiger partial charge in [-0.1, -0.05) is 36.0 Å². The van der Waals surface area contributed by atoms with Crippen molar-refractivity contribution in [3.05, 3.63) is 59.7 Å². The van der Waals surface area contributed by atoms with Crippen LogP contribution in [-0.4, -0.2) is 26.1 Å². The number of nitrogens with zero attached hydrogens (tertiary/aromatic N) is 4. The quantitative estimate of drug-likeness (QED) is 0.665. The number of thioether (sulfide) groups is 1. The standard InChI is InChI=1S/C17H14F3N5OS/c1-11(26)21-14-6-3-7-15(9-14)25-16(22-23-24-25)27-10-12-4-2-5-13(8-12)17(18,19)20/h2-9H,10H2,1H3,(H,21,26). The van der Waals surface area contributed by atoms with E-state index in [9.17, 15) is 18.0 Å². The number of nitrogens with one attached hydrogen (secondary N) is 1. The van der Waals surface area contributed by atoms with E-state index in [4.69, 9.17) is 0 Å². The molecule has 1 aromatic heterocycles. The van der Waals surface area contributed by atoms with E-state index in [2.05, 4.69) is 20.8 Å². The summed E-state index contributed by atoms with van der Waals surface area (Å²) in [5.41, 5.74) is 1.03. The first-order valence-corrected chi connectivity index (χ1v) is 8.77. The van der Waals surface area contributed by atoms with Gasteiger partial charge in [0.05, 0.1) is 11.3 Å². The zero-order chi connectivity index (χ0) is 19.4. The molecule has 140 valence electrons. The van der Waals surface area contributed by atoms with E-state index < -0.39 is 11.7 Å². The summed E-state index contributed by atoms with van der Waals surface area (Å²) in [4.78, 5) is 11.2. The van der Waals surface area contributed by atoms with Crippen LogP contribution in [0.1, 0.15) is 18.1 Å². The van der Waals surface area contributed by atoms with Crippen molar-refractivity contribution in [1.29, 1.82) is 0 Å². The van der Waals surface area contributed by atoms with Crippen molar-refractivity contribution in [3.8, 4) is 5.69 Å². The lowest BCUT2D eigenvalue weighted by molar-refractivity contribution is -0.137. The van der Waals surface area contributed by atoms with Gasteiger partial charge in [0.25, 0.3) is 0 Å². The Balaban J connectivity index is 1.78. The third-order valence-corrected chi connectivity index (χ3v) is 4.46. The van der Waals surface area contributed by atoms with Crippen molar-refractivity contribution in [3.63, 3.8) is 0 Å². The van der Waals surface area contributed by atoms with Crippen molar-refractivity contribution in [2.45, 2.75) is 24.0 Å². The van der Waals surface area contributed by atoms with Gasteiger partial charge >= 0.3 is 6.18 Å². The predicted octanol–water partition coefficient (Wildman–Crippen LogP) is 3.93. The Hall–Kier alpha value is -2.88. The summed E-state index contributed by atoms with van der Waals surface area (Å²) in [6.45, 7) is 1.40. The summed E-state index contributed by atoms with van der Waals surface area (Å²) in [7, 11) is 0. The van der Waals surface area contributed by atoms with Crippen molar-refractivity contribution < 1.29 is 18.0 Å². The van der Waals surface area contributed by atoms with Crippen LogP contribution >= 0.6 is 11.8 Å². The van der Waals surface area contributed by atoms with E-state index in [-0.39, 0.29) is 11.7 Å². The van der Waals surface area contributed by atoms with Crippen LogP contribution in [0.2, 0.25) is 0 Å². The third kappa shape index (κ3) is 4.85. The number of carbonyl (C=O) groups excluding carboxylic acids is 1. The van der Waals surface area contributed by atoms with Crippen molar-refractivity contribution in [2.75, 3.05) is 5.32 Å². The van der Waals surface area contributed by atoms with Crippen molar-refractivity contribution in [2.24, 2.45) is 0 Å². The molecule has 1 N–H and O–H groups in total. The summed E-state index contributed by atoms with van der Waals surface area (Å²) in [5.74, 6) is 0.0679. The molecule has 0 unspecified atom stereocenters. The van der Waals surface area contributed by atoms with Crippen LogP contribution in [0, 0.1) is 0 Å². The van der Waals surface area contributed by atoms with Crippen LogP contribution in [-0.2, 0) is 16.7 Å². The fraction of sp³-hybridized carbons (Fsp3) is 0.176. The highest BCUT2D eigenvalue weighted by Crippen LogP contribution is 2.31. The van der Waals surface area contributed by atoms with Gasteiger partial charge in [-0.05, 0) is 40.3 Å². The Morgan fingerprint density at radius 1 is 1.19 bits per heavy atom. The molecule has 2 aromatic carbocycles. The highest BCUT2D eigenvalue weighted by Gasteiger charge is 2.30. The number of rotatable bonds is 5. The molecule has 0 aliphatic carbocycles. The molecule has 0 aliphatic heterocycles. The summed E-state index contributed by atoms with van der Waals surface area (Å²) >= 11 is 1.21. The minimum absolute atomic E-state index is 0.206. The molecule has 0 bridgehead atoms. The fourth-order valence-electron chi connectivity index (χ4n) is 2.33. The number of hydrogen-bond acceptors (Lipinski definition) is 5. The number of alkyl halides is 3. The minimum Gasteiger partial charge on any atom is -0.326 e. The second-order valence-electron chi connectivity index (χ2n) is 5.59. The van der Waals surface area contributed by atoms with Crippen LogP contribution in [0.3, 0.4) is 0 Å². The molecule has 10 heteroatoms. The number of amides is 1. The van der Waals surface area contributed by atoms with Crippen LogP contribution in [0.5, 0.6) is 0 Å². The van der Waals surface area contributed by atoms with Gasteiger partial charge in [-0.25, -0.2) is 0 Å². The van der Waals surface area contributed by atoms with E-state index in [1.165, 1.54) is 29.4 Å². The summed E-state index contributed by atoms with van der Waals surface area (Å²) in [6.07, 6.45) is -4.38. The second kappa shape index (κ2) is 7.78. The van der Waals surface area contributed by atoms with Gasteiger partial charge in [0.2, 0.25) is 11.1 Å². The largest absolute Gasteiger partial charge is 0.416 e. The minimum atomic E-state index is -4.38. The number of carbonyl (C=O) groups is 1. The first-order chi connectivity index (χ1) is 12.8. The Bertz CT molecular complexity index is 957. The molecule has 1 amide bonds. The molecule has 0 spiro atoms. The first-order valence-electron chi connectivity index (χ1n) is 7.78. The van der Waals surface area contributed by atoms with Crippen LogP contribution < -0.4 is 5.32 Å². The highest BCUT2D eigenvalue weighted by atomic mass is 32.2. The molecular formula is C17H14F3N5OS.